The Bertz CT molecular complexity index is 1890. The first-order valence-electron chi connectivity index (χ1n) is 14.9. The predicted octanol–water partition coefficient (Wildman–Crippen LogP) is 1.53. The Hall–Kier alpha value is -6.00. The summed E-state index contributed by atoms with van der Waals surface area (Å²) in [6, 6.07) is 4.73. The van der Waals surface area contributed by atoms with Crippen LogP contribution in [0.3, 0.4) is 0 Å². The van der Waals surface area contributed by atoms with Gasteiger partial charge < -0.3 is 20.1 Å². The minimum atomic E-state index is -4.73. The molecule has 4 aromatic heterocycles. The SMILES string of the molecule is CCNC(=O)Cn1nc(-c2cnc(OCC(F)(F)F)nc2)ccc1=O.CCNC(=O)Cn1nc(-c2cnc(OCCOC(F)(F)F)nc2)ccc1=O. The minimum absolute atomic E-state index is 0.139. The van der Waals surface area contributed by atoms with Crippen molar-refractivity contribution < 1.29 is 50.1 Å². The number of nitrogens with zero attached hydrogens (tertiary/aromatic N) is 8. The van der Waals surface area contributed by atoms with E-state index in [0.717, 1.165) is 9.36 Å². The zero-order valence-electron chi connectivity index (χ0n) is 27.3. The predicted molar refractivity (Wildman–Crippen MR) is 165 cm³/mol. The zero-order chi connectivity index (χ0) is 38.3. The molecule has 4 heterocycles. The summed E-state index contributed by atoms with van der Waals surface area (Å²) < 4.78 is 86.6. The topological polar surface area (TPSA) is 207 Å². The van der Waals surface area contributed by atoms with Crippen molar-refractivity contribution in [3.8, 4) is 34.5 Å². The monoisotopic (exact) mass is 744 g/mol. The molecular weight excluding hydrogens is 714 g/mol. The number of hydrogen-bond acceptors (Lipinski definition) is 13. The second-order valence-corrected chi connectivity index (χ2v) is 9.89. The molecule has 0 fully saturated rings. The van der Waals surface area contributed by atoms with E-state index in [-0.39, 0.29) is 43.2 Å². The first-order chi connectivity index (χ1) is 24.6. The number of alkyl halides is 6. The molecule has 2 N–H and O–H groups in total. The van der Waals surface area contributed by atoms with E-state index in [2.05, 4.69) is 50.2 Å². The normalized spacial score (nSPS) is 11.2. The van der Waals surface area contributed by atoms with Gasteiger partial charge in [0, 0.05) is 61.1 Å². The Morgan fingerprint density at radius 1 is 0.673 bits per heavy atom. The summed E-state index contributed by atoms with van der Waals surface area (Å²) >= 11 is 0. The van der Waals surface area contributed by atoms with E-state index in [1.807, 2.05) is 0 Å². The third-order valence-electron chi connectivity index (χ3n) is 5.86. The quantitative estimate of drug-likeness (QED) is 0.139. The largest absolute Gasteiger partial charge is 0.522 e. The lowest BCUT2D eigenvalue weighted by molar-refractivity contribution is -0.325. The van der Waals surface area contributed by atoms with E-state index >= 15 is 0 Å². The molecule has 0 atom stereocenters. The molecule has 0 aromatic carbocycles. The van der Waals surface area contributed by atoms with Crippen molar-refractivity contribution >= 4 is 11.8 Å². The van der Waals surface area contributed by atoms with Crippen LogP contribution in [-0.2, 0) is 27.4 Å². The molecule has 0 saturated carbocycles. The van der Waals surface area contributed by atoms with Crippen molar-refractivity contribution in [3.63, 3.8) is 0 Å². The fraction of sp³-hybridized carbons (Fsp3) is 0.379. The second kappa shape index (κ2) is 18.8. The van der Waals surface area contributed by atoms with Gasteiger partial charge in [-0.25, -0.2) is 29.3 Å². The lowest BCUT2D eigenvalue weighted by Gasteiger charge is -2.09. The lowest BCUT2D eigenvalue weighted by Crippen LogP contribution is -2.33. The highest BCUT2D eigenvalue weighted by Gasteiger charge is 2.29. The summed E-state index contributed by atoms with van der Waals surface area (Å²) in [5.74, 6) is -0.730. The second-order valence-electron chi connectivity index (χ2n) is 9.89. The van der Waals surface area contributed by atoms with E-state index in [1.165, 1.54) is 49.1 Å². The molecule has 4 rings (SSSR count). The maximum atomic E-state index is 12.1. The molecule has 280 valence electrons. The van der Waals surface area contributed by atoms with Gasteiger partial charge in [0.25, 0.3) is 11.1 Å². The van der Waals surface area contributed by atoms with Gasteiger partial charge in [-0.2, -0.15) is 23.4 Å². The first kappa shape index (κ1) is 40.4. The maximum absolute atomic E-state index is 12.1. The molecule has 0 unspecified atom stereocenters. The van der Waals surface area contributed by atoms with Crippen LogP contribution in [0.4, 0.5) is 26.3 Å². The van der Waals surface area contributed by atoms with Crippen LogP contribution in [0.2, 0.25) is 0 Å². The molecular formula is C29H30F6N10O7. The van der Waals surface area contributed by atoms with E-state index in [1.54, 1.807) is 13.8 Å². The molecule has 17 nitrogen and oxygen atoms in total. The van der Waals surface area contributed by atoms with Gasteiger partial charge in [0.05, 0.1) is 18.0 Å². The van der Waals surface area contributed by atoms with E-state index < -0.39 is 42.9 Å². The fourth-order valence-corrected chi connectivity index (χ4v) is 3.69. The maximum Gasteiger partial charge on any atom is 0.522 e. The van der Waals surface area contributed by atoms with Crippen molar-refractivity contribution in [1.29, 1.82) is 0 Å². The van der Waals surface area contributed by atoms with Gasteiger partial charge >= 0.3 is 24.6 Å². The van der Waals surface area contributed by atoms with Crippen molar-refractivity contribution in [2.24, 2.45) is 0 Å². The zero-order valence-corrected chi connectivity index (χ0v) is 27.3. The molecule has 0 bridgehead atoms. The number of aromatic nitrogens is 8. The number of carbonyl (C=O) groups excluding carboxylic acids is 2. The summed E-state index contributed by atoms with van der Waals surface area (Å²) in [6.45, 7) is 1.27. The van der Waals surface area contributed by atoms with Gasteiger partial charge in [0.1, 0.15) is 19.7 Å². The molecule has 4 aromatic rings. The van der Waals surface area contributed by atoms with Crippen LogP contribution < -0.4 is 31.2 Å². The number of hydrogen-bond donors (Lipinski definition) is 2. The number of likely N-dealkylation sites (N-methyl/N-ethyl adjacent to an activating group) is 2. The van der Waals surface area contributed by atoms with Crippen molar-refractivity contribution in [2.45, 2.75) is 39.5 Å². The number of nitrogens with one attached hydrogen (secondary N) is 2. The standard InChI is InChI=1S/C15H16F3N5O4.C14H14F3N5O3/c1-2-19-12(24)9-23-13(25)4-3-11(22-23)10-7-20-14(21-8-10)26-5-6-27-15(16,17)18;1-2-18-11(23)7-22-12(24)4-3-10(21-22)9-5-19-13(20-6-9)25-8-14(15,16)17/h3-4,7-8H,2,5-6,9H2,1H3,(H,19,24);3-6H,2,7-8H2,1H3,(H,18,23). The third-order valence-corrected chi connectivity index (χ3v) is 5.86. The third kappa shape index (κ3) is 14.1. The Labute approximate surface area is 289 Å². The van der Waals surface area contributed by atoms with Gasteiger partial charge in [-0.3, -0.25) is 23.9 Å². The average Bonchev–Trinajstić information content (AvgIpc) is 3.08. The minimum Gasteiger partial charge on any atom is -0.461 e. The summed E-state index contributed by atoms with van der Waals surface area (Å²) in [5, 5.41) is 13.2. The van der Waals surface area contributed by atoms with Gasteiger partial charge in [0.15, 0.2) is 6.61 Å². The molecule has 52 heavy (non-hydrogen) atoms. The van der Waals surface area contributed by atoms with Crippen molar-refractivity contribution in [1.82, 2.24) is 50.1 Å². The van der Waals surface area contributed by atoms with Gasteiger partial charge in [-0.1, -0.05) is 0 Å². The van der Waals surface area contributed by atoms with Gasteiger partial charge in [-0.05, 0) is 26.0 Å². The van der Waals surface area contributed by atoms with Gasteiger partial charge in [0.2, 0.25) is 11.8 Å². The van der Waals surface area contributed by atoms with Crippen LogP contribution in [0.5, 0.6) is 12.0 Å². The Morgan fingerprint density at radius 3 is 1.48 bits per heavy atom. The number of amides is 2. The van der Waals surface area contributed by atoms with Crippen LogP contribution in [0.1, 0.15) is 13.8 Å². The molecule has 0 aliphatic heterocycles. The first-order valence-corrected chi connectivity index (χ1v) is 14.9. The number of carbonyl (C=O) groups is 2. The van der Waals surface area contributed by atoms with Crippen LogP contribution in [0.25, 0.3) is 22.5 Å². The Balaban J connectivity index is 0.000000281. The summed E-state index contributed by atoms with van der Waals surface area (Å²) in [5.41, 5.74) is 0.483. The summed E-state index contributed by atoms with van der Waals surface area (Å²) in [7, 11) is 0. The molecule has 0 aliphatic carbocycles. The Morgan fingerprint density at radius 2 is 1.10 bits per heavy atom. The molecule has 0 spiro atoms. The number of ether oxygens (including phenoxy) is 3. The molecule has 0 saturated heterocycles. The highest BCUT2D eigenvalue weighted by molar-refractivity contribution is 5.76. The summed E-state index contributed by atoms with van der Waals surface area (Å²) in [6.07, 6.45) is -4.13. The molecule has 23 heteroatoms. The fourth-order valence-electron chi connectivity index (χ4n) is 3.69. The summed E-state index contributed by atoms with van der Waals surface area (Å²) in [4.78, 5) is 61.7. The highest BCUT2D eigenvalue weighted by Crippen LogP contribution is 2.19. The van der Waals surface area contributed by atoms with Gasteiger partial charge in [-0.15, -0.1) is 13.2 Å². The van der Waals surface area contributed by atoms with Crippen molar-refractivity contribution in [2.75, 3.05) is 32.9 Å². The smallest absolute Gasteiger partial charge is 0.461 e. The molecule has 0 radical (unpaired) electrons. The average molecular weight is 745 g/mol. The van der Waals surface area contributed by atoms with Crippen LogP contribution in [0, 0.1) is 0 Å². The highest BCUT2D eigenvalue weighted by atomic mass is 19.4. The van der Waals surface area contributed by atoms with E-state index in [4.69, 9.17) is 4.74 Å². The lowest BCUT2D eigenvalue weighted by atomic mass is 10.2. The molecule has 0 aliphatic rings. The van der Waals surface area contributed by atoms with Crippen LogP contribution >= 0.6 is 0 Å². The van der Waals surface area contributed by atoms with E-state index in [0.29, 0.717) is 29.9 Å². The van der Waals surface area contributed by atoms with Crippen LogP contribution in [0.15, 0.2) is 58.6 Å². The number of halogens is 6. The van der Waals surface area contributed by atoms with E-state index in [9.17, 15) is 45.5 Å². The van der Waals surface area contributed by atoms with Crippen LogP contribution in [-0.4, -0.2) is 96.8 Å². The molecule has 2 amide bonds. The number of rotatable bonds is 14. The Kier molecular flexibility index (Phi) is 14.6. The van der Waals surface area contributed by atoms with Crippen molar-refractivity contribution in [3.05, 3.63) is 69.8 Å².